The summed E-state index contributed by atoms with van der Waals surface area (Å²) >= 11 is 5.67. The molecule has 0 radical (unpaired) electrons. The summed E-state index contributed by atoms with van der Waals surface area (Å²) in [7, 11) is 0. The Labute approximate surface area is 144 Å². The van der Waals surface area contributed by atoms with Crippen LogP contribution in [0.1, 0.15) is 24.8 Å². The fourth-order valence-electron chi connectivity index (χ4n) is 2.92. The van der Waals surface area contributed by atoms with Crippen LogP contribution in [0.3, 0.4) is 0 Å². The van der Waals surface area contributed by atoms with Gasteiger partial charge in [0.05, 0.1) is 0 Å². The quantitative estimate of drug-likeness (QED) is 0.439. The molecule has 7 heteroatoms. The Balaban J connectivity index is 1.94. The molecule has 1 aliphatic rings. The summed E-state index contributed by atoms with van der Waals surface area (Å²) in [6.07, 6.45) is 3.91. The SMILES string of the molecule is Cc1cccc2ccnc(N(OC(=O)N3CCCCC3)C(=O)Cl)c12. The van der Waals surface area contributed by atoms with Crippen LogP contribution in [0.2, 0.25) is 0 Å². The normalized spacial score (nSPS) is 14.5. The van der Waals surface area contributed by atoms with E-state index in [4.69, 9.17) is 16.4 Å². The predicted octanol–water partition coefficient (Wildman–Crippen LogP) is 4.25. The van der Waals surface area contributed by atoms with Crippen molar-refractivity contribution in [3.63, 3.8) is 0 Å². The van der Waals surface area contributed by atoms with Crippen LogP contribution in [0.4, 0.5) is 15.4 Å². The second-order valence-corrected chi connectivity index (χ2v) is 6.08. The van der Waals surface area contributed by atoms with Gasteiger partial charge in [0.1, 0.15) is 0 Å². The molecule has 0 N–H and O–H groups in total. The molecular formula is C17H18ClN3O3. The number of halogens is 1. The molecule has 0 aliphatic carbocycles. The number of aryl methyl sites for hydroxylation is 1. The molecule has 2 heterocycles. The van der Waals surface area contributed by atoms with Gasteiger partial charge < -0.3 is 9.74 Å². The Kier molecular flexibility index (Phi) is 4.85. The Morgan fingerprint density at radius 3 is 2.67 bits per heavy atom. The second-order valence-electron chi connectivity index (χ2n) is 5.76. The largest absolute Gasteiger partial charge is 0.434 e. The van der Waals surface area contributed by atoms with Gasteiger partial charge in [-0.05, 0) is 54.8 Å². The lowest BCUT2D eigenvalue weighted by Crippen LogP contribution is -2.41. The van der Waals surface area contributed by atoms with Crippen molar-refractivity contribution in [1.29, 1.82) is 0 Å². The van der Waals surface area contributed by atoms with Crippen molar-refractivity contribution in [3.8, 4) is 0 Å². The van der Waals surface area contributed by atoms with E-state index in [0.717, 1.165) is 40.7 Å². The van der Waals surface area contributed by atoms with Crippen LogP contribution in [0, 0.1) is 6.92 Å². The molecule has 24 heavy (non-hydrogen) atoms. The second kappa shape index (κ2) is 7.05. The first-order valence-electron chi connectivity index (χ1n) is 7.89. The number of hydroxylamine groups is 1. The highest BCUT2D eigenvalue weighted by Crippen LogP contribution is 2.29. The molecule has 0 bridgehead atoms. The predicted molar refractivity (Wildman–Crippen MR) is 92.1 cm³/mol. The van der Waals surface area contributed by atoms with Crippen LogP contribution in [0.5, 0.6) is 0 Å². The minimum Gasteiger partial charge on any atom is -0.311 e. The average Bonchev–Trinajstić information content (AvgIpc) is 2.60. The standard InChI is InChI=1S/C17H18ClN3O3/c1-12-6-5-7-13-8-9-19-15(14(12)13)21(16(18)22)24-17(23)20-10-3-2-4-11-20/h5-9H,2-4,10-11H2,1H3. The molecular weight excluding hydrogens is 330 g/mol. The third kappa shape index (κ3) is 3.28. The molecule has 1 saturated heterocycles. The number of hydrogen-bond donors (Lipinski definition) is 0. The Bertz CT molecular complexity index is 770. The maximum absolute atomic E-state index is 12.3. The number of fused-ring (bicyclic) bond motifs is 1. The number of anilines is 1. The van der Waals surface area contributed by atoms with E-state index in [1.54, 1.807) is 11.1 Å². The molecule has 1 aliphatic heterocycles. The van der Waals surface area contributed by atoms with Crippen LogP contribution < -0.4 is 5.06 Å². The van der Waals surface area contributed by atoms with E-state index in [1.807, 2.05) is 31.2 Å². The van der Waals surface area contributed by atoms with E-state index in [-0.39, 0.29) is 5.82 Å². The zero-order chi connectivity index (χ0) is 17.1. The van der Waals surface area contributed by atoms with Crippen molar-refractivity contribution in [2.45, 2.75) is 26.2 Å². The van der Waals surface area contributed by atoms with Gasteiger partial charge in [-0.25, -0.2) is 9.78 Å². The molecule has 0 unspecified atom stereocenters. The van der Waals surface area contributed by atoms with Gasteiger partial charge in [0.2, 0.25) is 0 Å². The van der Waals surface area contributed by atoms with E-state index in [9.17, 15) is 9.59 Å². The summed E-state index contributed by atoms with van der Waals surface area (Å²) < 4.78 is 0. The fraction of sp³-hybridized carbons (Fsp3) is 0.353. The fourth-order valence-corrected chi connectivity index (χ4v) is 3.03. The maximum Gasteiger partial charge on any atom is 0.434 e. The molecule has 6 nitrogen and oxygen atoms in total. The molecule has 0 saturated carbocycles. The lowest BCUT2D eigenvalue weighted by Gasteiger charge is -2.28. The lowest BCUT2D eigenvalue weighted by molar-refractivity contribution is 0.0923. The summed E-state index contributed by atoms with van der Waals surface area (Å²) in [4.78, 5) is 35.3. The van der Waals surface area contributed by atoms with Crippen LogP contribution in [0.15, 0.2) is 30.5 Å². The number of rotatable bonds is 1. The molecule has 3 rings (SSSR count). The van der Waals surface area contributed by atoms with Gasteiger partial charge in [0.15, 0.2) is 5.82 Å². The number of nitrogens with zero attached hydrogens (tertiary/aromatic N) is 3. The van der Waals surface area contributed by atoms with Crippen LogP contribution in [-0.4, -0.2) is 34.4 Å². The number of benzene rings is 1. The summed E-state index contributed by atoms with van der Waals surface area (Å²) in [6.45, 7) is 3.13. The Morgan fingerprint density at radius 1 is 1.21 bits per heavy atom. The van der Waals surface area contributed by atoms with Gasteiger partial charge in [-0.2, -0.15) is 0 Å². The molecule has 1 aromatic carbocycles. The van der Waals surface area contributed by atoms with Gasteiger partial charge in [-0.1, -0.05) is 18.2 Å². The van der Waals surface area contributed by atoms with Crippen molar-refractivity contribution in [3.05, 3.63) is 36.0 Å². The summed E-state index contributed by atoms with van der Waals surface area (Å²) in [5, 5.41) is 1.47. The van der Waals surface area contributed by atoms with Crippen LogP contribution in [-0.2, 0) is 4.84 Å². The minimum absolute atomic E-state index is 0.218. The summed E-state index contributed by atoms with van der Waals surface area (Å²) in [5.74, 6) is 0.218. The third-order valence-corrected chi connectivity index (χ3v) is 4.27. The summed E-state index contributed by atoms with van der Waals surface area (Å²) in [6, 6.07) is 7.54. The number of carbonyl (C=O) groups excluding carboxylic acids is 2. The first-order valence-corrected chi connectivity index (χ1v) is 8.26. The average molecular weight is 348 g/mol. The number of amides is 2. The van der Waals surface area contributed by atoms with E-state index in [0.29, 0.717) is 13.1 Å². The first-order chi connectivity index (χ1) is 11.6. The minimum atomic E-state index is -0.913. The van der Waals surface area contributed by atoms with Crippen LogP contribution in [0.25, 0.3) is 10.8 Å². The molecule has 2 aromatic rings. The first kappa shape index (κ1) is 16.5. The summed E-state index contributed by atoms with van der Waals surface area (Å²) in [5.41, 5.74) is 0.910. The Morgan fingerprint density at radius 2 is 1.96 bits per heavy atom. The van der Waals surface area contributed by atoms with E-state index >= 15 is 0 Å². The number of aromatic nitrogens is 1. The molecule has 0 atom stereocenters. The van der Waals surface area contributed by atoms with Gasteiger partial charge in [0.25, 0.3) is 0 Å². The lowest BCUT2D eigenvalue weighted by atomic mass is 10.1. The topological polar surface area (TPSA) is 62.7 Å². The number of carbonyl (C=O) groups is 2. The highest BCUT2D eigenvalue weighted by molar-refractivity contribution is 6.66. The van der Waals surface area contributed by atoms with Crippen LogP contribution >= 0.6 is 11.6 Å². The van der Waals surface area contributed by atoms with Crippen molar-refractivity contribution in [2.75, 3.05) is 18.2 Å². The number of likely N-dealkylation sites (tertiary alicyclic amines) is 1. The monoisotopic (exact) mass is 347 g/mol. The third-order valence-electron chi connectivity index (χ3n) is 4.12. The van der Waals surface area contributed by atoms with Gasteiger partial charge >= 0.3 is 11.5 Å². The molecule has 0 spiro atoms. The Hall–Kier alpha value is -2.34. The maximum atomic E-state index is 12.3. The van der Waals surface area contributed by atoms with Gasteiger partial charge in [-0.15, -0.1) is 5.06 Å². The molecule has 1 fully saturated rings. The van der Waals surface area contributed by atoms with Crippen molar-refractivity contribution in [1.82, 2.24) is 9.88 Å². The van der Waals surface area contributed by atoms with Crippen molar-refractivity contribution in [2.24, 2.45) is 0 Å². The highest BCUT2D eigenvalue weighted by Gasteiger charge is 2.27. The zero-order valence-electron chi connectivity index (χ0n) is 13.4. The smallest absolute Gasteiger partial charge is 0.311 e. The van der Waals surface area contributed by atoms with E-state index in [1.165, 1.54) is 0 Å². The number of piperidine rings is 1. The molecule has 1 aromatic heterocycles. The molecule has 2 amide bonds. The van der Waals surface area contributed by atoms with Gasteiger partial charge in [0, 0.05) is 24.7 Å². The van der Waals surface area contributed by atoms with E-state index in [2.05, 4.69) is 4.98 Å². The van der Waals surface area contributed by atoms with Crippen molar-refractivity contribution < 1.29 is 14.4 Å². The van der Waals surface area contributed by atoms with E-state index < -0.39 is 11.5 Å². The van der Waals surface area contributed by atoms with Crippen molar-refractivity contribution >= 4 is 39.7 Å². The number of hydrogen-bond acceptors (Lipinski definition) is 4. The highest BCUT2D eigenvalue weighted by atomic mass is 35.5. The number of pyridine rings is 1. The van der Waals surface area contributed by atoms with Gasteiger partial charge in [-0.3, -0.25) is 4.79 Å². The zero-order valence-corrected chi connectivity index (χ0v) is 14.1. The molecule has 126 valence electrons.